The first-order chi connectivity index (χ1) is 15.2. The third-order valence-corrected chi connectivity index (χ3v) is 5.12. The van der Waals surface area contributed by atoms with Gasteiger partial charge in [-0.25, -0.2) is 14.8 Å². The van der Waals surface area contributed by atoms with Gasteiger partial charge in [-0.15, -0.1) is 0 Å². The molecule has 0 bridgehead atoms. The van der Waals surface area contributed by atoms with Crippen LogP contribution in [-0.4, -0.2) is 53.8 Å². The first-order valence-corrected chi connectivity index (χ1v) is 10.6. The number of morpholine rings is 1. The summed E-state index contributed by atoms with van der Waals surface area (Å²) in [5.74, 6) is 0.109. The highest BCUT2D eigenvalue weighted by Crippen LogP contribution is 2.25. The first-order valence-electron chi connectivity index (χ1n) is 10.6. The van der Waals surface area contributed by atoms with Gasteiger partial charge in [0.25, 0.3) is 0 Å². The van der Waals surface area contributed by atoms with Crippen molar-refractivity contribution >= 4 is 11.9 Å². The number of ether oxygens (including phenoxy) is 2. The zero-order valence-electron chi connectivity index (χ0n) is 17.7. The van der Waals surface area contributed by atoms with Gasteiger partial charge in [-0.1, -0.05) is 43.7 Å². The standard InChI is InChI=1S/C24H26N4O3/c1-2-3-13-31-23(29)22-16-21(26-24(27-22)28-11-14-30-15-12-28)19-8-6-18(7-9-19)20-5-4-10-25-17-20/h4-10,16-17H,2-3,11-15H2,1H3. The van der Waals surface area contributed by atoms with Gasteiger partial charge in [-0.2, -0.15) is 0 Å². The van der Waals surface area contributed by atoms with E-state index in [-0.39, 0.29) is 5.69 Å². The largest absolute Gasteiger partial charge is 0.461 e. The summed E-state index contributed by atoms with van der Waals surface area (Å²) in [4.78, 5) is 28.1. The number of unbranched alkanes of at least 4 members (excludes halogenated alkanes) is 1. The van der Waals surface area contributed by atoms with E-state index in [1.807, 2.05) is 47.5 Å². The van der Waals surface area contributed by atoms with Crippen LogP contribution in [0.5, 0.6) is 0 Å². The number of carbonyl (C=O) groups is 1. The minimum Gasteiger partial charge on any atom is -0.461 e. The molecule has 0 radical (unpaired) electrons. The van der Waals surface area contributed by atoms with Crippen LogP contribution in [0.3, 0.4) is 0 Å². The highest BCUT2D eigenvalue weighted by Gasteiger charge is 2.19. The minimum absolute atomic E-state index is 0.277. The molecule has 0 N–H and O–H groups in total. The maximum absolute atomic E-state index is 12.6. The van der Waals surface area contributed by atoms with E-state index in [4.69, 9.17) is 14.5 Å². The second-order valence-corrected chi connectivity index (χ2v) is 7.35. The maximum Gasteiger partial charge on any atom is 0.357 e. The van der Waals surface area contributed by atoms with Gasteiger partial charge in [0.1, 0.15) is 0 Å². The van der Waals surface area contributed by atoms with Gasteiger partial charge in [0.15, 0.2) is 5.69 Å². The Hall–Kier alpha value is -3.32. The van der Waals surface area contributed by atoms with E-state index in [9.17, 15) is 4.79 Å². The topological polar surface area (TPSA) is 77.4 Å². The fraction of sp³-hybridized carbons (Fsp3) is 0.333. The van der Waals surface area contributed by atoms with E-state index < -0.39 is 5.97 Å². The van der Waals surface area contributed by atoms with Gasteiger partial charge in [-0.05, 0) is 29.7 Å². The molecule has 0 spiro atoms. The quantitative estimate of drug-likeness (QED) is 0.424. The number of nitrogens with zero attached hydrogens (tertiary/aromatic N) is 4. The van der Waals surface area contributed by atoms with Gasteiger partial charge in [0.05, 0.1) is 25.5 Å². The molecule has 3 heterocycles. The molecule has 0 atom stereocenters. The Morgan fingerprint density at radius 1 is 1.06 bits per heavy atom. The average Bonchev–Trinajstić information content (AvgIpc) is 2.85. The molecule has 4 rings (SSSR count). The SMILES string of the molecule is CCCCOC(=O)c1cc(-c2ccc(-c3cccnc3)cc2)nc(N2CCOCC2)n1. The normalized spacial score (nSPS) is 13.8. The second-order valence-electron chi connectivity index (χ2n) is 7.35. The lowest BCUT2D eigenvalue weighted by Crippen LogP contribution is -2.37. The van der Waals surface area contributed by atoms with E-state index in [1.54, 1.807) is 12.3 Å². The number of carbonyl (C=O) groups excluding carboxylic acids is 1. The molecule has 7 nitrogen and oxygen atoms in total. The van der Waals surface area contributed by atoms with Crippen molar-refractivity contribution in [2.45, 2.75) is 19.8 Å². The molecule has 0 amide bonds. The van der Waals surface area contributed by atoms with Crippen molar-refractivity contribution in [1.82, 2.24) is 15.0 Å². The zero-order chi connectivity index (χ0) is 21.5. The fourth-order valence-electron chi connectivity index (χ4n) is 3.34. The van der Waals surface area contributed by atoms with Gasteiger partial charge >= 0.3 is 5.97 Å². The molecule has 1 aromatic carbocycles. The van der Waals surface area contributed by atoms with Crippen LogP contribution in [0.2, 0.25) is 0 Å². The van der Waals surface area contributed by atoms with Crippen molar-refractivity contribution in [1.29, 1.82) is 0 Å². The van der Waals surface area contributed by atoms with Crippen LogP contribution in [0, 0.1) is 0 Å². The third-order valence-electron chi connectivity index (χ3n) is 5.12. The molecule has 0 unspecified atom stereocenters. The first kappa shape index (κ1) is 20.9. The summed E-state index contributed by atoms with van der Waals surface area (Å²) in [6, 6.07) is 13.7. The number of anilines is 1. The van der Waals surface area contributed by atoms with Crippen molar-refractivity contribution in [3.63, 3.8) is 0 Å². The number of aromatic nitrogens is 3. The Kier molecular flexibility index (Phi) is 6.84. The van der Waals surface area contributed by atoms with Crippen molar-refractivity contribution in [2.24, 2.45) is 0 Å². The molecule has 2 aromatic heterocycles. The number of rotatable bonds is 7. The van der Waals surface area contributed by atoms with Gasteiger partial charge < -0.3 is 14.4 Å². The summed E-state index contributed by atoms with van der Waals surface area (Å²) >= 11 is 0. The van der Waals surface area contributed by atoms with E-state index in [0.29, 0.717) is 44.6 Å². The molecular weight excluding hydrogens is 392 g/mol. The fourth-order valence-corrected chi connectivity index (χ4v) is 3.34. The lowest BCUT2D eigenvalue weighted by molar-refractivity contribution is 0.0492. The molecular formula is C24H26N4O3. The Bertz CT molecular complexity index is 1000. The van der Waals surface area contributed by atoms with Crippen molar-refractivity contribution < 1.29 is 14.3 Å². The van der Waals surface area contributed by atoms with Gasteiger partial charge in [-0.3, -0.25) is 4.98 Å². The smallest absolute Gasteiger partial charge is 0.357 e. The van der Waals surface area contributed by atoms with Gasteiger partial charge in [0.2, 0.25) is 5.95 Å². The van der Waals surface area contributed by atoms with Crippen LogP contribution in [0.1, 0.15) is 30.3 Å². The van der Waals surface area contributed by atoms with E-state index in [1.165, 1.54) is 0 Å². The number of hydrogen-bond acceptors (Lipinski definition) is 7. The highest BCUT2D eigenvalue weighted by atomic mass is 16.5. The molecule has 3 aromatic rings. The van der Waals surface area contributed by atoms with Crippen LogP contribution >= 0.6 is 0 Å². The molecule has 31 heavy (non-hydrogen) atoms. The van der Waals surface area contributed by atoms with Crippen LogP contribution in [0.25, 0.3) is 22.4 Å². The molecule has 160 valence electrons. The molecule has 1 fully saturated rings. The average molecular weight is 418 g/mol. The lowest BCUT2D eigenvalue weighted by atomic mass is 10.0. The Labute approximate surface area is 182 Å². The molecule has 1 aliphatic rings. The number of esters is 1. The van der Waals surface area contributed by atoms with Crippen molar-refractivity contribution in [3.05, 3.63) is 60.6 Å². The monoisotopic (exact) mass is 418 g/mol. The zero-order valence-corrected chi connectivity index (χ0v) is 17.7. The summed E-state index contributed by atoms with van der Waals surface area (Å²) < 4.78 is 10.8. The molecule has 0 saturated carbocycles. The molecule has 0 aliphatic carbocycles. The predicted molar refractivity (Wildman–Crippen MR) is 119 cm³/mol. The molecule has 1 saturated heterocycles. The number of benzene rings is 1. The van der Waals surface area contributed by atoms with Crippen LogP contribution < -0.4 is 4.90 Å². The Balaban J connectivity index is 1.65. The van der Waals surface area contributed by atoms with Gasteiger partial charge in [0, 0.05) is 31.0 Å². The summed E-state index contributed by atoms with van der Waals surface area (Å²) in [6.45, 7) is 5.05. The van der Waals surface area contributed by atoms with Crippen LogP contribution in [0.15, 0.2) is 54.9 Å². The summed E-state index contributed by atoms with van der Waals surface area (Å²) in [5, 5.41) is 0. The van der Waals surface area contributed by atoms with Crippen LogP contribution in [0.4, 0.5) is 5.95 Å². The summed E-state index contributed by atoms with van der Waals surface area (Å²) in [7, 11) is 0. The van der Waals surface area contributed by atoms with Crippen LogP contribution in [-0.2, 0) is 9.47 Å². The predicted octanol–water partition coefficient (Wildman–Crippen LogP) is 4.00. The van der Waals surface area contributed by atoms with E-state index in [0.717, 1.165) is 29.5 Å². The van der Waals surface area contributed by atoms with E-state index in [2.05, 4.69) is 16.9 Å². The lowest BCUT2D eigenvalue weighted by Gasteiger charge is -2.27. The molecule has 7 heteroatoms. The highest BCUT2D eigenvalue weighted by molar-refractivity contribution is 5.89. The summed E-state index contributed by atoms with van der Waals surface area (Å²) in [5.41, 5.74) is 3.99. The Morgan fingerprint density at radius 2 is 1.84 bits per heavy atom. The van der Waals surface area contributed by atoms with Crippen molar-refractivity contribution in [3.8, 4) is 22.4 Å². The number of hydrogen-bond donors (Lipinski definition) is 0. The number of pyridine rings is 1. The third kappa shape index (κ3) is 5.24. The summed E-state index contributed by atoms with van der Waals surface area (Å²) in [6.07, 6.45) is 5.38. The minimum atomic E-state index is -0.418. The second kappa shape index (κ2) is 10.1. The maximum atomic E-state index is 12.6. The molecule has 1 aliphatic heterocycles. The van der Waals surface area contributed by atoms with Crippen molar-refractivity contribution in [2.75, 3.05) is 37.8 Å². The van der Waals surface area contributed by atoms with E-state index >= 15 is 0 Å². The Morgan fingerprint density at radius 3 is 2.55 bits per heavy atom.